The maximum Gasteiger partial charge on any atom is 0.228 e. The van der Waals surface area contributed by atoms with Crippen molar-refractivity contribution in [1.82, 2.24) is 15.0 Å². The Morgan fingerprint density at radius 2 is 1.83 bits per heavy atom. The van der Waals surface area contributed by atoms with Crippen LogP contribution in [0.5, 0.6) is 0 Å². The number of nitrogens with one attached hydrogen (secondary N) is 1. The minimum atomic E-state index is 0.136. The van der Waals surface area contributed by atoms with Crippen LogP contribution in [0.1, 0.15) is 0 Å². The third kappa shape index (κ3) is 3.38. The first-order valence-electron chi connectivity index (χ1n) is 4.80. The van der Waals surface area contributed by atoms with Gasteiger partial charge in [-0.3, -0.25) is 0 Å². The first kappa shape index (κ1) is 13.7. The summed E-state index contributed by atoms with van der Waals surface area (Å²) < 4.78 is 0. The summed E-state index contributed by atoms with van der Waals surface area (Å²) in [7, 11) is 1.71. The summed E-state index contributed by atoms with van der Waals surface area (Å²) in [5, 5.41) is 4.41. The molecule has 0 aliphatic carbocycles. The summed E-state index contributed by atoms with van der Waals surface area (Å²) in [6, 6.07) is 5.29. The number of rotatable bonds is 3. The van der Waals surface area contributed by atoms with E-state index in [9.17, 15) is 0 Å². The summed E-state index contributed by atoms with van der Waals surface area (Å²) in [6.45, 7) is 0. The van der Waals surface area contributed by atoms with E-state index in [4.69, 9.17) is 34.8 Å². The zero-order valence-electron chi connectivity index (χ0n) is 9.12. The Labute approximate surface area is 123 Å². The second-order valence-electron chi connectivity index (χ2n) is 3.14. The third-order valence-electron chi connectivity index (χ3n) is 1.91. The predicted molar refractivity (Wildman–Crippen MR) is 75.0 cm³/mol. The van der Waals surface area contributed by atoms with Crippen molar-refractivity contribution in [3.8, 4) is 0 Å². The van der Waals surface area contributed by atoms with Gasteiger partial charge in [0.15, 0.2) is 5.16 Å². The minimum absolute atomic E-state index is 0.136. The van der Waals surface area contributed by atoms with E-state index in [0.29, 0.717) is 21.2 Å². The van der Waals surface area contributed by atoms with Gasteiger partial charge in [0.05, 0.1) is 10.0 Å². The lowest BCUT2D eigenvalue weighted by Gasteiger charge is -2.04. The fraction of sp³-hybridized carbons (Fsp3) is 0.100. The molecule has 0 saturated heterocycles. The molecular weight excluding hydrogens is 315 g/mol. The smallest absolute Gasteiger partial charge is 0.228 e. The zero-order chi connectivity index (χ0) is 13.1. The highest BCUT2D eigenvalue weighted by molar-refractivity contribution is 7.99. The van der Waals surface area contributed by atoms with Crippen molar-refractivity contribution in [3.05, 3.63) is 33.5 Å². The standard InChI is InChI=1S/C10H7Cl3N4S/c1-14-9-15-8(13)16-10(17-9)18-5-2-3-6(11)7(12)4-5/h2-4H,1H3,(H,14,15,16,17). The van der Waals surface area contributed by atoms with Gasteiger partial charge in [-0.2, -0.15) is 15.0 Å². The van der Waals surface area contributed by atoms with Gasteiger partial charge in [0.25, 0.3) is 0 Å². The fourth-order valence-electron chi connectivity index (χ4n) is 1.14. The molecule has 0 amide bonds. The highest BCUT2D eigenvalue weighted by atomic mass is 35.5. The number of halogens is 3. The number of hydrogen-bond acceptors (Lipinski definition) is 5. The van der Waals surface area contributed by atoms with Gasteiger partial charge in [-0.25, -0.2) is 0 Å². The summed E-state index contributed by atoms with van der Waals surface area (Å²) in [5.41, 5.74) is 0. The van der Waals surface area contributed by atoms with E-state index in [-0.39, 0.29) is 5.28 Å². The largest absolute Gasteiger partial charge is 0.357 e. The van der Waals surface area contributed by atoms with Crippen molar-refractivity contribution >= 4 is 52.5 Å². The third-order valence-corrected chi connectivity index (χ3v) is 3.67. The Morgan fingerprint density at radius 1 is 1.06 bits per heavy atom. The van der Waals surface area contributed by atoms with Crippen LogP contribution in [-0.2, 0) is 0 Å². The first-order valence-corrected chi connectivity index (χ1v) is 6.76. The van der Waals surface area contributed by atoms with Crippen LogP contribution in [-0.4, -0.2) is 22.0 Å². The van der Waals surface area contributed by atoms with Crippen LogP contribution in [0.3, 0.4) is 0 Å². The molecule has 0 saturated carbocycles. The average Bonchev–Trinajstić information content (AvgIpc) is 2.33. The van der Waals surface area contributed by atoms with Crippen LogP contribution >= 0.6 is 46.6 Å². The second-order valence-corrected chi connectivity index (χ2v) is 5.33. The van der Waals surface area contributed by atoms with Crippen molar-refractivity contribution in [2.24, 2.45) is 0 Å². The molecule has 1 N–H and O–H groups in total. The van der Waals surface area contributed by atoms with Crippen molar-refractivity contribution < 1.29 is 0 Å². The predicted octanol–water partition coefficient (Wildman–Crippen LogP) is 4.02. The quantitative estimate of drug-likeness (QED) is 0.925. The minimum Gasteiger partial charge on any atom is -0.357 e. The molecule has 1 aromatic carbocycles. The van der Waals surface area contributed by atoms with E-state index in [2.05, 4.69) is 20.3 Å². The van der Waals surface area contributed by atoms with E-state index in [1.165, 1.54) is 11.8 Å². The molecule has 2 rings (SSSR count). The van der Waals surface area contributed by atoms with Gasteiger partial charge in [0.1, 0.15) is 0 Å². The Morgan fingerprint density at radius 3 is 2.50 bits per heavy atom. The molecule has 0 aliphatic heterocycles. The van der Waals surface area contributed by atoms with E-state index in [1.807, 2.05) is 6.07 Å². The molecule has 0 spiro atoms. The fourth-order valence-corrected chi connectivity index (χ4v) is 2.50. The number of aromatic nitrogens is 3. The summed E-state index contributed by atoms with van der Waals surface area (Å²) in [5.74, 6) is 0.414. The van der Waals surface area contributed by atoms with E-state index in [1.54, 1.807) is 19.2 Å². The normalized spacial score (nSPS) is 10.4. The van der Waals surface area contributed by atoms with Crippen LogP contribution in [0.2, 0.25) is 15.3 Å². The van der Waals surface area contributed by atoms with Crippen molar-refractivity contribution in [2.45, 2.75) is 10.1 Å². The van der Waals surface area contributed by atoms with Gasteiger partial charge < -0.3 is 5.32 Å². The lowest BCUT2D eigenvalue weighted by atomic mass is 10.4. The molecule has 94 valence electrons. The maximum absolute atomic E-state index is 5.93. The van der Waals surface area contributed by atoms with Crippen molar-refractivity contribution in [3.63, 3.8) is 0 Å². The average molecular weight is 322 g/mol. The second kappa shape index (κ2) is 5.93. The van der Waals surface area contributed by atoms with Crippen LogP contribution in [0.15, 0.2) is 28.3 Å². The molecular formula is C10H7Cl3N4S. The Balaban J connectivity index is 2.27. The van der Waals surface area contributed by atoms with Crippen LogP contribution < -0.4 is 5.32 Å². The molecule has 1 aromatic heterocycles. The van der Waals surface area contributed by atoms with Gasteiger partial charge >= 0.3 is 0 Å². The van der Waals surface area contributed by atoms with Crippen molar-refractivity contribution in [2.75, 3.05) is 12.4 Å². The van der Waals surface area contributed by atoms with Gasteiger partial charge in [-0.15, -0.1) is 0 Å². The topological polar surface area (TPSA) is 50.7 Å². The molecule has 0 atom stereocenters. The summed E-state index contributed by atoms with van der Waals surface area (Å²) >= 11 is 18.9. The molecule has 0 fully saturated rings. The summed E-state index contributed by atoms with van der Waals surface area (Å²) in [6.07, 6.45) is 0. The summed E-state index contributed by atoms with van der Waals surface area (Å²) in [4.78, 5) is 13.0. The lowest BCUT2D eigenvalue weighted by molar-refractivity contribution is 0.908. The van der Waals surface area contributed by atoms with Crippen molar-refractivity contribution in [1.29, 1.82) is 0 Å². The Bertz CT molecular complexity index is 579. The maximum atomic E-state index is 5.93. The molecule has 0 aliphatic rings. The Kier molecular flexibility index (Phi) is 4.50. The monoisotopic (exact) mass is 320 g/mol. The number of benzene rings is 1. The van der Waals surface area contributed by atoms with Gasteiger partial charge in [0, 0.05) is 11.9 Å². The molecule has 0 unspecified atom stereocenters. The first-order chi connectivity index (χ1) is 8.58. The van der Waals surface area contributed by atoms with Gasteiger partial charge in [-0.05, 0) is 41.6 Å². The molecule has 8 heteroatoms. The van der Waals surface area contributed by atoms with E-state index >= 15 is 0 Å². The molecule has 2 aromatic rings. The Hall–Kier alpha value is -0.750. The highest BCUT2D eigenvalue weighted by Crippen LogP contribution is 2.31. The van der Waals surface area contributed by atoms with Crippen LogP contribution in [0, 0.1) is 0 Å². The number of hydrogen-bond donors (Lipinski definition) is 1. The SMILES string of the molecule is CNc1nc(Cl)nc(Sc2ccc(Cl)c(Cl)c2)n1. The molecule has 1 heterocycles. The van der Waals surface area contributed by atoms with Gasteiger partial charge in [0.2, 0.25) is 11.2 Å². The van der Waals surface area contributed by atoms with Crippen LogP contribution in [0.25, 0.3) is 0 Å². The molecule has 18 heavy (non-hydrogen) atoms. The molecule has 0 bridgehead atoms. The molecule has 0 radical (unpaired) electrons. The lowest BCUT2D eigenvalue weighted by Crippen LogP contribution is -1.99. The zero-order valence-corrected chi connectivity index (χ0v) is 12.2. The van der Waals surface area contributed by atoms with E-state index < -0.39 is 0 Å². The van der Waals surface area contributed by atoms with E-state index in [0.717, 1.165) is 4.90 Å². The van der Waals surface area contributed by atoms with Gasteiger partial charge in [-0.1, -0.05) is 23.2 Å². The molecule has 4 nitrogen and oxygen atoms in total. The number of nitrogens with zero attached hydrogens (tertiary/aromatic N) is 3. The number of anilines is 1. The highest BCUT2D eigenvalue weighted by Gasteiger charge is 2.07. The van der Waals surface area contributed by atoms with Crippen LogP contribution in [0.4, 0.5) is 5.95 Å².